The summed E-state index contributed by atoms with van der Waals surface area (Å²) < 4.78 is 0. The van der Waals surface area contributed by atoms with Crippen molar-refractivity contribution in [3.63, 3.8) is 0 Å². The number of benzene rings is 1. The molecule has 0 spiro atoms. The number of nitro groups is 1. The Bertz CT molecular complexity index is 471. The van der Waals surface area contributed by atoms with Crippen LogP contribution < -0.4 is 4.90 Å². The molecule has 1 atom stereocenters. The molecule has 0 radical (unpaired) electrons. The summed E-state index contributed by atoms with van der Waals surface area (Å²) in [6.07, 6.45) is 1.73. The molecule has 0 bridgehead atoms. The number of β-amino-alcohol motifs (C(OH)–C–C–N with tert-alkyl or cyclic N) is 1. The maximum Gasteiger partial charge on any atom is 0.272 e. The fourth-order valence-corrected chi connectivity index (χ4v) is 2.48. The Morgan fingerprint density at radius 2 is 2.22 bits per heavy atom. The summed E-state index contributed by atoms with van der Waals surface area (Å²) in [5.41, 5.74) is 1.07. The van der Waals surface area contributed by atoms with Crippen LogP contribution in [0.4, 0.5) is 11.4 Å². The van der Waals surface area contributed by atoms with Crippen LogP contribution in [0.15, 0.2) is 18.2 Å². The van der Waals surface area contributed by atoms with Crippen LogP contribution in [0.2, 0.25) is 0 Å². The average molecular weight is 250 g/mol. The molecule has 1 unspecified atom stereocenters. The molecule has 98 valence electrons. The van der Waals surface area contributed by atoms with Gasteiger partial charge in [0.05, 0.1) is 10.5 Å². The maximum atomic E-state index is 10.8. The first-order chi connectivity index (χ1) is 8.39. The molecule has 1 aromatic carbocycles. The summed E-state index contributed by atoms with van der Waals surface area (Å²) in [5, 5.41) is 20.8. The molecule has 1 aliphatic rings. The van der Waals surface area contributed by atoms with Crippen LogP contribution in [-0.2, 0) is 0 Å². The van der Waals surface area contributed by atoms with Gasteiger partial charge in [0, 0.05) is 30.4 Å². The van der Waals surface area contributed by atoms with E-state index in [0.717, 1.165) is 25.1 Å². The number of piperidine rings is 1. The second-order valence-corrected chi connectivity index (χ2v) is 5.25. The fourth-order valence-electron chi connectivity index (χ4n) is 2.48. The van der Waals surface area contributed by atoms with E-state index in [9.17, 15) is 15.2 Å². The Morgan fingerprint density at radius 3 is 2.78 bits per heavy atom. The number of rotatable bonds is 2. The SMILES string of the molecule is Cc1cc(N2CCCC(C)(O)C2)ccc1[N+](=O)[O-]. The van der Waals surface area contributed by atoms with Gasteiger partial charge in [0.1, 0.15) is 0 Å². The van der Waals surface area contributed by atoms with Crippen molar-refractivity contribution in [2.45, 2.75) is 32.3 Å². The van der Waals surface area contributed by atoms with Crippen LogP contribution in [0.1, 0.15) is 25.3 Å². The number of nitrogens with zero attached hydrogens (tertiary/aromatic N) is 2. The molecule has 0 aromatic heterocycles. The quantitative estimate of drug-likeness (QED) is 0.645. The van der Waals surface area contributed by atoms with Crippen molar-refractivity contribution in [1.29, 1.82) is 0 Å². The minimum absolute atomic E-state index is 0.141. The van der Waals surface area contributed by atoms with Crippen molar-refractivity contribution >= 4 is 11.4 Å². The Balaban J connectivity index is 2.24. The number of hydrogen-bond acceptors (Lipinski definition) is 4. The second kappa shape index (κ2) is 4.57. The smallest absolute Gasteiger partial charge is 0.272 e. The largest absolute Gasteiger partial charge is 0.388 e. The Kier molecular flexibility index (Phi) is 3.26. The van der Waals surface area contributed by atoms with Crippen LogP contribution in [-0.4, -0.2) is 28.7 Å². The van der Waals surface area contributed by atoms with E-state index in [-0.39, 0.29) is 10.6 Å². The normalized spacial score (nSPS) is 24.1. The van der Waals surface area contributed by atoms with E-state index in [1.807, 2.05) is 13.0 Å². The van der Waals surface area contributed by atoms with Gasteiger partial charge in [0.15, 0.2) is 0 Å². The summed E-state index contributed by atoms with van der Waals surface area (Å²) in [5.74, 6) is 0. The molecule has 5 heteroatoms. The standard InChI is InChI=1S/C13H18N2O3/c1-10-8-11(4-5-12(10)15(17)18)14-7-3-6-13(2,16)9-14/h4-5,8,16H,3,6-7,9H2,1-2H3. The number of nitro benzene ring substituents is 1. The van der Waals surface area contributed by atoms with Gasteiger partial charge in [-0.15, -0.1) is 0 Å². The third kappa shape index (κ3) is 2.61. The van der Waals surface area contributed by atoms with E-state index in [2.05, 4.69) is 4.90 Å². The lowest BCUT2D eigenvalue weighted by Crippen LogP contribution is -2.46. The van der Waals surface area contributed by atoms with E-state index < -0.39 is 5.60 Å². The lowest BCUT2D eigenvalue weighted by molar-refractivity contribution is -0.385. The molecular formula is C13H18N2O3. The highest BCUT2D eigenvalue weighted by Crippen LogP contribution is 2.29. The minimum atomic E-state index is -0.673. The van der Waals surface area contributed by atoms with Crippen LogP contribution in [0.25, 0.3) is 0 Å². The van der Waals surface area contributed by atoms with Crippen LogP contribution in [0.3, 0.4) is 0 Å². The van der Waals surface area contributed by atoms with Gasteiger partial charge in [-0.05, 0) is 38.8 Å². The zero-order valence-corrected chi connectivity index (χ0v) is 10.7. The molecule has 1 saturated heterocycles. The van der Waals surface area contributed by atoms with Gasteiger partial charge in [0.25, 0.3) is 5.69 Å². The molecule has 0 aliphatic carbocycles. The number of anilines is 1. The predicted octanol–water partition coefficient (Wildman–Crippen LogP) is 2.25. The summed E-state index contributed by atoms with van der Waals surface area (Å²) in [4.78, 5) is 12.5. The van der Waals surface area contributed by atoms with Crippen LogP contribution in [0, 0.1) is 17.0 Å². The van der Waals surface area contributed by atoms with Crippen molar-refractivity contribution in [2.24, 2.45) is 0 Å². The average Bonchev–Trinajstić information content (AvgIpc) is 2.27. The van der Waals surface area contributed by atoms with E-state index in [0.29, 0.717) is 12.1 Å². The zero-order chi connectivity index (χ0) is 13.3. The Hall–Kier alpha value is -1.62. The van der Waals surface area contributed by atoms with E-state index in [1.54, 1.807) is 13.0 Å². The van der Waals surface area contributed by atoms with Crippen molar-refractivity contribution in [1.82, 2.24) is 0 Å². The van der Waals surface area contributed by atoms with E-state index in [4.69, 9.17) is 0 Å². The van der Waals surface area contributed by atoms with Gasteiger partial charge in [0.2, 0.25) is 0 Å². The zero-order valence-electron chi connectivity index (χ0n) is 10.7. The molecule has 1 aromatic rings. The van der Waals surface area contributed by atoms with Crippen LogP contribution in [0.5, 0.6) is 0 Å². The molecule has 2 rings (SSSR count). The highest BCUT2D eigenvalue weighted by Gasteiger charge is 2.28. The van der Waals surface area contributed by atoms with Gasteiger partial charge in [-0.25, -0.2) is 0 Å². The third-order valence-corrected chi connectivity index (χ3v) is 3.42. The number of hydrogen-bond donors (Lipinski definition) is 1. The highest BCUT2D eigenvalue weighted by molar-refractivity contribution is 5.55. The third-order valence-electron chi connectivity index (χ3n) is 3.42. The van der Waals surface area contributed by atoms with Gasteiger partial charge >= 0.3 is 0 Å². The minimum Gasteiger partial charge on any atom is -0.388 e. The fraction of sp³-hybridized carbons (Fsp3) is 0.538. The van der Waals surface area contributed by atoms with Gasteiger partial charge in [-0.1, -0.05) is 0 Å². The van der Waals surface area contributed by atoms with E-state index >= 15 is 0 Å². The van der Waals surface area contributed by atoms with Gasteiger partial charge in [-0.3, -0.25) is 10.1 Å². The summed E-state index contributed by atoms with van der Waals surface area (Å²) in [6, 6.07) is 5.11. The molecule has 0 saturated carbocycles. The van der Waals surface area contributed by atoms with E-state index in [1.165, 1.54) is 6.07 Å². The lowest BCUT2D eigenvalue weighted by atomic mass is 9.94. The summed E-state index contributed by atoms with van der Waals surface area (Å²) >= 11 is 0. The predicted molar refractivity (Wildman–Crippen MR) is 69.9 cm³/mol. The molecule has 18 heavy (non-hydrogen) atoms. The van der Waals surface area contributed by atoms with Gasteiger partial charge in [-0.2, -0.15) is 0 Å². The molecule has 0 amide bonds. The summed E-state index contributed by atoms with van der Waals surface area (Å²) in [7, 11) is 0. The first-order valence-electron chi connectivity index (χ1n) is 6.11. The molecule has 1 N–H and O–H groups in total. The first-order valence-corrected chi connectivity index (χ1v) is 6.11. The van der Waals surface area contributed by atoms with Crippen molar-refractivity contribution in [3.8, 4) is 0 Å². The number of aliphatic hydroxyl groups is 1. The Labute approximate surface area is 106 Å². The topological polar surface area (TPSA) is 66.6 Å². The van der Waals surface area contributed by atoms with Crippen molar-refractivity contribution in [3.05, 3.63) is 33.9 Å². The summed E-state index contributed by atoms with van der Waals surface area (Å²) in [6.45, 7) is 5.03. The molecule has 5 nitrogen and oxygen atoms in total. The monoisotopic (exact) mass is 250 g/mol. The number of aryl methyl sites for hydroxylation is 1. The second-order valence-electron chi connectivity index (χ2n) is 5.25. The Morgan fingerprint density at radius 1 is 1.50 bits per heavy atom. The van der Waals surface area contributed by atoms with Crippen molar-refractivity contribution in [2.75, 3.05) is 18.0 Å². The maximum absolute atomic E-state index is 10.8. The molecule has 1 fully saturated rings. The van der Waals surface area contributed by atoms with Crippen LogP contribution >= 0.6 is 0 Å². The van der Waals surface area contributed by atoms with Gasteiger partial charge < -0.3 is 10.0 Å². The molecule has 1 heterocycles. The molecular weight excluding hydrogens is 232 g/mol. The molecule has 1 aliphatic heterocycles. The highest BCUT2D eigenvalue weighted by atomic mass is 16.6. The first kappa shape index (κ1) is 12.8. The van der Waals surface area contributed by atoms with Crippen molar-refractivity contribution < 1.29 is 10.0 Å². The lowest BCUT2D eigenvalue weighted by Gasteiger charge is -2.38.